The second-order valence-electron chi connectivity index (χ2n) is 9.10. The smallest absolute Gasteiger partial charge is 0.264 e. The van der Waals surface area contributed by atoms with Crippen LogP contribution >= 0.6 is 11.6 Å². The van der Waals surface area contributed by atoms with Crippen molar-refractivity contribution in [3.8, 4) is 0 Å². The number of rotatable bonds is 10. The van der Waals surface area contributed by atoms with Crippen molar-refractivity contribution >= 4 is 39.1 Å². The summed E-state index contributed by atoms with van der Waals surface area (Å²) in [6, 6.07) is 21.1. The molecule has 3 rings (SSSR count). The summed E-state index contributed by atoms with van der Waals surface area (Å²) in [4.78, 5) is 28.2. The number of nitrogens with one attached hydrogen (secondary N) is 1. The maximum absolute atomic E-state index is 13.8. The van der Waals surface area contributed by atoms with Gasteiger partial charge in [-0.25, -0.2) is 8.42 Å². The maximum atomic E-state index is 13.8. The van der Waals surface area contributed by atoms with Gasteiger partial charge in [-0.2, -0.15) is 0 Å². The Morgan fingerprint density at radius 1 is 0.919 bits per heavy atom. The van der Waals surface area contributed by atoms with Crippen LogP contribution in [0.5, 0.6) is 0 Å². The third-order valence-corrected chi connectivity index (χ3v) is 7.85. The summed E-state index contributed by atoms with van der Waals surface area (Å²) in [5.41, 5.74) is 1.75. The summed E-state index contributed by atoms with van der Waals surface area (Å²) in [6.07, 6.45) is 0. The molecule has 0 radical (unpaired) electrons. The second-order valence-corrected chi connectivity index (χ2v) is 11.4. The Morgan fingerprint density at radius 2 is 1.51 bits per heavy atom. The van der Waals surface area contributed by atoms with Crippen molar-refractivity contribution in [1.29, 1.82) is 0 Å². The van der Waals surface area contributed by atoms with Gasteiger partial charge in [-0.15, -0.1) is 0 Å². The molecule has 9 heteroatoms. The first-order valence-corrected chi connectivity index (χ1v) is 13.8. The molecule has 7 nitrogen and oxygen atoms in total. The van der Waals surface area contributed by atoms with Crippen LogP contribution in [-0.2, 0) is 26.2 Å². The Labute approximate surface area is 224 Å². The highest BCUT2D eigenvalue weighted by Crippen LogP contribution is 2.30. The summed E-state index contributed by atoms with van der Waals surface area (Å²) in [5.74, 6) is -0.843. The van der Waals surface area contributed by atoms with Gasteiger partial charge in [-0.1, -0.05) is 66.2 Å². The fourth-order valence-electron chi connectivity index (χ4n) is 3.85. The fourth-order valence-corrected chi connectivity index (χ4v) is 5.51. The molecule has 2 amide bonds. The summed E-state index contributed by atoms with van der Waals surface area (Å²) >= 11 is 6.23. The Hall–Kier alpha value is -3.36. The van der Waals surface area contributed by atoms with Gasteiger partial charge in [0.15, 0.2) is 0 Å². The van der Waals surface area contributed by atoms with Gasteiger partial charge in [0.25, 0.3) is 10.0 Å². The zero-order chi connectivity index (χ0) is 27.2. The molecule has 196 valence electrons. The molecule has 0 bridgehead atoms. The molecule has 0 aliphatic heterocycles. The Kier molecular flexibility index (Phi) is 9.34. The third-order valence-electron chi connectivity index (χ3n) is 5.84. The van der Waals surface area contributed by atoms with E-state index in [1.54, 1.807) is 44.2 Å². The van der Waals surface area contributed by atoms with Crippen molar-refractivity contribution in [2.45, 2.75) is 51.2 Å². The molecule has 0 heterocycles. The molecule has 1 atom stereocenters. The van der Waals surface area contributed by atoms with E-state index < -0.39 is 28.5 Å². The fraction of sp³-hybridized carbons (Fsp3) is 0.286. The van der Waals surface area contributed by atoms with Crippen LogP contribution < -0.4 is 9.62 Å². The monoisotopic (exact) mass is 541 g/mol. The van der Waals surface area contributed by atoms with E-state index in [0.717, 1.165) is 9.87 Å². The van der Waals surface area contributed by atoms with Crippen LogP contribution in [0, 0.1) is 6.92 Å². The van der Waals surface area contributed by atoms with Gasteiger partial charge in [0.2, 0.25) is 11.8 Å². The number of carbonyl (C=O) groups is 2. The van der Waals surface area contributed by atoms with Crippen molar-refractivity contribution in [2.24, 2.45) is 0 Å². The predicted molar refractivity (Wildman–Crippen MR) is 147 cm³/mol. The average molecular weight is 542 g/mol. The maximum Gasteiger partial charge on any atom is 0.264 e. The molecule has 0 fully saturated rings. The highest BCUT2D eigenvalue weighted by molar-refractivity contribution is 7.92. The van der Waals surface area contributed by atoms with Gasteiger partial charge in [0, 0.05) is 17.6 Å². The first kappa shape index (κ1) is 28.2. The number of anilines is 1. The summed E-state index contributed by atoms with van der Waals surface area (Å²) in [6.45, 7) is 6.70. The number of hydrogen-bond donors (Lipinski definition) is 1. The molecular weight excluding hydrogens is 510 g/mol. The van der Waals surface area contributed by atoms with E-state index in [2.05, 4.69) is 5.32 Å². The van der Waals surface area contributed by atoms with E-state index in [1.807, 2.05) is 44.2 Å². The van der Waals surface area contributed by atoms with E-state index in [0.29, 0.717) is 16.3 Å². The van der Waals surface area contributed by atoms with Gasteiger partial charge in [0.1, 0.15) is 12.6 Å². The molecule has 0 aliphatic carbocycles. The lowest BCUT2D eigenvalue weighted by atomic mass is 10.1. The molecule has 1 N–H and O–H groups in total. The van der Waals surface area contributed by atoms with Crippen molar-refractivity contribution in [1.82, 2.24) is 10.2 Å². The molecule has 0 saturated heterocycles. The predicted octanol–water partition coefficient (Wildman–Crippen LogP) is 4.79. The van der Waals surface area contributed by atoms with Gasteiger partial charge >= 0.3 is 0 Å². The number of benzene rings is 3. The summed E-state index contributed by atoms with van der Waals surface area (Å²) < 4.78 is 28.7. The Balaban J connectivity index is 2.05. The first-order chi connectivity index (χ1) is 17.5. The van der Waals surface area contributed by atoms with Crippen molar-refractivity contribution in [3.63, 3.8) is 0 Å². The minimum Gasteiger partial charge on any atom is -0.352 e. The SMILES string of the molecule is Cc1ccc(Cl)cc1N(CC(=O)N(Cc1ccccc1)[C@@H](C)C(=O)NC(C)C)S(=O)(=O)c1ccccc1. The minimum absolute atomic E-state index is 0.0439. The van der Waals surface area contributed by atoms with E-state index in [4.69, 9.17) is 11.6 Å². The van der Waals surface area contributed by atoms with Crippen LogP contribution in [0.25, 0.3) is 0 Å². The van der Waals surface area contributed by atoms with Crippen LogP contribution in [-0.4, -0.2) is 43.8 Å². The minimum atomic E-state index is -4.13. The normalized spacial score (nSPS) is 12.2. The van der Waals surface area contributed by atoms with Crippen molar-refractivity contribution < 1.29 is 18.0 Å². The summed E-state index contributed by atoms with van der Waals surface area (Å²) in [7, 11) is -4.13. The number of nitrogens with zero attached hydrogens (tertiary/aromatic N) is 2. The number of hydrogen-bond acceptors (Lipinski definition) is 4. The van der Waals surface area contributed by atoms with Gasteiger partial charge in [-0.05, 0) is 63.1 Å². The van der Waals surface area contributed by atoms with Gasteiger partial charge in [0.05, 0.1) is 10.6 Å². The lowest BCUT2D eigenvalue weighted by molar-refractivity contribution is -0.139. The topological polar surface area (TPSA) is 86.8 Å². The molecule has 37 heavy (non-hydrogen) atoms. The molecule has 0 aromatic heterocycles. The summed E-state index contributed by atoms with van der Waals surface area (Å²) in [5, 5.41) is 3.18. The standard InChI is InChI=1S/C28H32ClN3O4S/c1-20(2)30-28(34)22(4)31(18-23-11-7-5-8-12-23)27(33)19-32(26-17-24(29)16-15-21(26)3)37(35,36)25-13-9-6-10-14-25/h5-17,20,22H,18-19H2,1-4H3,(H,30,34)/t22-/m0/s1. The van der Waals surface area contributed by atoms with Crippen molar-refractivity contribution in [2.75, 3.05) is 10.8 Å². The second kappa shape index (κ2) is 12.3. The van der Waals surface area contributed by atoms with E-state index >= 15 is 0 Å². The highest BCUT2D eigenvalue weighted by atomic mass is 35.5. The number of sulfonamides is 1. The molecule has 3 aromatic rings. The lowest BCUT2D eigenvalue weighted by Gasteiger charge is -2.32. The molecule has 0 unspecified atom stereocenters. The molecular formula is C28H32ClN3O4S. The molecule has 3 aromatic carbocycles. The van der Waals surface area contributed by atoms with Crippen LogP contribution in [0.4, 0.5) is 5.69 Å². The van der Waals surface area contributed by atoms with Gasteiger partial charge < -0.3 is 10.2 Å². The average Bonchev–Trinajstić information content (AvgIpc) is 2.87. The van der Waals surface area contributed by atoms with E-state index in [-0.39, 0.29) is 23.4 Å². The molecule has 0 spiro atoms. The largest absolute Gasteiger partial charge is 0.352 e. The number of halogens is 1. The van der Waals surface area contributed by atoms with Crippen LogP contribution in [0.3, 0.4) is 0 Å². The number of carbonyl (C=O) groups excluding carboxylic acids is 2. The first-order valence-electron chi connectivity index (χ1n) is 12.0. The quantitative estimate of drug-likeness (QED) is 0.400. The lowest BCUT2D eigenvalue weighted by Crippen LogP contribution is -2.52. The van der Waals surface area contributed by atoms with Gasteiger partial charge in [-0.3, -0.25) is 13.9 Å². The zero-order valence-electron chi connectivity index (χ0n) is 21.4. The van der Waals surface area contributed by atoms with Crippen LogP contribution in [0.2, 0.25) is 5.02 Å². The molecule has 0 aliphatic rings. The number of amides is 2. The number of aryl methyl sites for hydroxylation is 1. The zero-order valence-corrected chi connectivity index (χ0v) is 23.0. The Morgan fingerprint density at radius 3 is 2.11 bits per heavy atom. The van der Waals surface area contributed by atoms with Crippen molar-refractivity contribution in [3.05, 3.63) is 95.0 Å². The van der Waals surface area contributed by atoms with Crippen LogP contribution in [0.1, 0.15) is 31.9 Å². The Bertz CT molecular complexity index is 1330. The van der Waals surface area contributed by atoms with Crippen LogP contribution in [0.15, 0.2) is 83.8 Å². The van der Waals surface area contributed by atoms with E-state index in [9.17, 15) is 18.0 Å². The van der Waals surface area contributed by atoms with E-state index in [1.165, 1.54) is 23.1 Å². The molecule has 0 saturated carbocycles. The highest BCUT2D eigenvalue weighted by Gasteiger charge is 2.33. The third kappa shape index (κ3) is 7.11.